The number of halogens is 1. The molecular formula is C34H48FNO. The molecule has 0 aromatic heterocycles. The van der Waals surface area contributed by atoms with E-state index in [1.54, 1.807) is 0 Å². The van der Waals surface area contributed by atoms with Crippen LogP contribution in [0, 0.1) is 16.7 Å². The van der Waals surface area contributed by atoms with Crippen LogP contribution in [0.4, 0.5) is 4.39 Å². The van der Waals surface area contributed by atoms with Crippen molar-refractivity contribution < 1.29 is 9.13 Å². The van der Waals surface area contributed by atoms with Crippen LogP contribution in [0.1, 0.15) is 122 Å². The first-order chi connectivity index (χ1) is 18.1. The molecule has 1 fully saturated rings. The third kappa shape index (κ3) is 9.48. The Morgan fingerprint density at radius 2 is 1.41 bits per heavy atom. The first-order valence-corrected chi connectivity index (χ1v) is 15.0. The highest BCUT2D eigenvalue weighted by Crippen LogP contribution is 2.46. The molecule has 202 valence electrons. The molecular weight excluding hydrogens is 457 g/mol. The van der Waals surface area contributed by atoms with Crippen molar-refractivity contribution in [3.63, 3.8) is 0 Å². The molecule has 1 saturated carbocycles. The lowest BCUT2D eigenvalue weighted by Gasteiger charge is -2.35. The van der Waals surface area contributed by atoms with Gasteiger partial charge in [-0.15, -0.1) is 0 Å². The molecule has 0 radical (unpaired) electrons. The van der Waals surface area contributed by atoms with Gasteiger partial charge in [0.15, 0.2) is 0 Å². The summed E-state index contributed by atoms with van der Waals surface area (Å²) in [5.74, 6) is 1.28. The van der Waals surface area contributed by atoms with Crippen LogP contribution in [0.5, 0.6) is 5.75 Å². The number of ether oxygens (including phenoxy) is 1. The van der Waals surface area contributed by atoms with Gasteiger partial charge in [0.05, 0.1) is 11.5 Å². The molecule has 3 rings (SSSR count). The van der Waals surface area contributed by atoms with E-state index in [1.807, 2.05) is 12.1 Å². The molecule has 0 spiro atoms. The van der Waals surface area contributed by atoms with Gasteiger partial charge in [0.25, 0.3) is 0 Å². The van der Waals surface area contributed by atoms with Gasteiger partial charge in [0.1, 0.15) is 18.5 Å². The Labute approximate surface area is 225 Å². The van der Waals surface area contributed by atoms with Crippen LogP contribution < -0.4 is 4.74 Å². The van der Waals surface area contributed by atoms with Crippen molar-refractivity contribution >= 4 is 0 Å². The monoisotopic (exact) mass is 505 g/mol. The standard InChI is InChI=1S/C34H48FNO/c1-3-5-7-9-11-23-34(27-36)24-21-31(22-25-34)29-15-13-28(14-16-29)30-17-19-33(20-18-30)37-26-32(35)12-10-8-6-4-2/h13-20,31-32H,3-12,21-26H2,1-2H3. The van der Waals surface area contributed by atoms with Crippen LogP contribution >= 0.6 is 0 Å². The second-order valence-electron chi connectivity index (χ2n) is 11.2. The van der Waals surface area contributed by atoms with E-state index in [2.05, 4.69) is 56.3 Å². The molecule has 2 aromatic rings. The van der Waals surface area contributed by atoms with E-state index in [1.165, 1.54) is 56.1 Å². The summed E-state index contributed by atoms with van der Waals surface area (Å²) < 4.78 is 19.8. The highest BCUT2D eigenvalue weighted by molar-refractivity contribution is 5.64. The van der Waals surface area contributed by atoms with E-state index in [4.69, 9.17) is 4.74 Å². The predicted molar refractivity (Wildman–Crippen MR) is 154 cm³/mol. The lowest BCUT2D eigenvalue weighted by Crippen LogP contribution is -2.25. The molecule has 0 amide bonds. The lowest BCUT2D eigenvalue weighted by molar-refractivity contribution is 0.184. The zero-order valence-electron chi connectivity index (χ0n) is 23.3. The number of nitrogens with zero attached hydrogens (tertiary/aromatic N) is 1. The lowest BCUT2D eigenvalue weighted by atomic mass is 9.67. The maximum absolute atomic E-state index is 14.1. The van der Waals surface area contributed by atoms with Gasteiger partial charge in [-0.25, -0.2) is 4.39 Å². The maximum Gasteiger partial charge on any atom is 0.134 e. The number of alkyl halides is 1. The van der Waals surface area contributed by atoms with E-state index >= 15 is 0 Å². The van der Waals surface area contributed by atoms with Crippen LogP contribution in [0.15, 0.2) is 48.5 Å². The Bertz CT molecular complexity index is 922. The first kappa shape index (κ1) is 29.2. The maximum atomic E-state index is 14.1. The molecule has 0 aliphatic heterocycles. The number of unbranched alkanes of at least 4 members (excludes halogenated alkanes) is 7. The quantitative estimate of drug-likeness (QED) is 0.213. The fourth-order valence-corrected chi connectivity index (χ4v) is 5.74. The first-order valence-electron chi connectivity index (χ1n) is 15.0. The Morgan fingerprint density at radius 1 is 0.838 bits per heavy atom. The van der Waals surface area contributed by atoms with Gasteiger partial charge in [0.2, 0.25) is 0 Å². The van der Waals surface area contributed by atoms with Gasteiger partial charge >= 0.3 is 0 Å². The molecule has 3 heteroatoms. The molecule has 1 aliphatic rings. The average molecular weight is 506 g/mol. The van der Waals surface area contributed by atoms with Crippen LogP contribution in [0.25, 0.3) is 11.1 Å². The fourth-order valence-electron chi connectivity index (χ4n) is 5.74. The van der Waals surface area contributed by atoms with E-state index < -0.39 is 6.17 Å². The normalized spacial score (nSPS) is 20.3. The van der Waals surface area contributed by atoms with Gasteiger partial charge in [-0.05, 0) is 73.3 Å². The summed E-state index contributed by atoms with van der Waals surface area (Å²) in [5, 5.41) is 9.92. The minimum absolute atomic E-state index is 0.0936. The molecule has 0 heterocycles. The van der Waals surface area contributed by atoms with Crippen LogP contribution in [0.3, 0.4) is 0 Å². The van der Waals surface area contributed by atoms with Crippen molar-refractivity contribution in [3.8, 4) is 22.9 Å². The van der Waals surface area contributed by atoms with Crippen LogP contribution in [0.2, 0.25) is 0 Å². The zero-order chi connectivity index (χ0) is 26.3. The molecule has 2 nitrogen and oxygen atoms in total. The average Bonchev–Trinajstić information content (AvgIpc) is 2.95. The van der Waals surface area contributed by atoms with E-state index in [-0.39, 0.29) is 12.0 Å². The topological polar surface area (TPSA) is 33.0 Å². The zero-order valence-corrected chi connectivity index (χ0v) is 23.3. The number of rotatable bonds is 16. The van der Waals surface area contributed by atoms with E-state index in [0.717, 1.165) is 56.3 Å². The van der Waals surface area contributed by atoms with Crippen LogP contribution in [-0.4, -0.2) is 12.8 Å². The highest BCUT2D eigenvalue weighted by atomic mass is 19.1. The second-order valence-corrected chi connectivity index (χ2v) is 11.2. The number of nitriles is 1. The summed E-state index contributed by atoms with van der Waals surface area (Å²) in [5.41, 5.74) is 3.63. The van der Waals surface area contributed by atoms with Gasteiger partial charge < -0.3 is 4.74 Å². The van der Waals surface area contributed by atoms with Crippen molar-refractivity contribution in [2.45, 2.75) is 122 Å². The third-order valence-corrected chi connectivity index (χ3v) is 8.31. The summed E-state index contributed by atoms with van der Waals surface area (Å²) in [6.07, 6.45) is 15.8. The van der Waals surface area contributed by atoms with Crippen molar-refractivity contribution in [1.29, 1.82) is 5.26 Å². The van der Waals surface area contributed by atoms with Crippen molar-refractivity contribution in [1.82, 2.24) is 0 Å². The van der Waals surface area contributed by atoms with Gasteiger partial charge in [-0.2, -0.15) is 5.26 Å². The second kappa shape index (κ2) is 15.8. The largest absolute Gasteiger partial charge is 0.491 e. The minimum Gasteiger partial charge on any atom is -0.491 e. The Kier molecular flexibility index (Phi) is 12.5. The van der Waals surface area contributed by atoms with E-state index in [9.17, 15) is 9.65 Å². The number of benzene rings is 2. The number of hydrogen-bond donors (Lipinski definition) is 0. The van der Waals surface area contributed by atoms with E-state index in [0.29, 0.717) is 12.3 Å². The Balaban J connectivity index is 1.45. The SMILES string of the molecule is CCCCCCCC1(C#N)CCC(c2ccc(-c3ccc(OCC(F)CCCCCC)cc3)cc2)CC1. The highest BCUT2D eigenvalue weighted by Gasteiger charge is 2.35. The molecule has 1 atom stereocenters. The summed E-state index contributed by atoms with van der Waals surface area (Å²) in [4.78, 5) is 0. The third-order valence-electron chi connectivity index (χ3n) is 8.31. The minimum atomic E-state index is -0.895. The predicted octanol–water partition coefficient (Wildman–Crippen LogP) is 10.6. The Morgan fingerprint density at radius 3 is 2.00 bits per heavy atom. The van der Waals surface area contributed by atoms with Crippen molar-refractivity contribution in [3.05, 3.63) is 54.1 Å². The summed E-state index contributed by atoms with van der Waals surface area (Å²) in [7, 11) is 0. The molecule has 0 N–H and O–H groups in total. The Hall–Kier alpha value is -2.34. The molecule has 37 heavy (non-hydrogen) atoms. The molecule has 2 aromatic carbocycles. The summed E-state index contributed by atoms with van der Waals surface area (Å²) in [6.45, 7) is 4.55. The molecule has 1 aliphatic carbocycles. The number of hydrogen-bond acceptors (Lipinski definition) is 2. The smallest absolute Gasteiger partial charge is 0.134 e. The fraction of sp³-hybridized carbons (Fsp3) is 0.618. The molecule has 0 bridgehead atoms. The van der Waals surface area contributed by atoms with Gasteiger partial charge in [-0.1, -0.05) is 108 Å². The van der Waals surface area contributed by atoms with Gasteiger partial charge in [-0.3, -0.25) is 0 Å². The van der Waals surface area contributed by atoms with Crippen molar-refractivity contribution in [2.75, 3.05) is 6.61 Å². The summed E-state index contributed by atoms with van der Waals surface area (Å²) >= 11 is 0. The molecule has 1 unspecified atom stereocenters. The van der Waals surface area contributed by atoms with Crippen molar-refractivity contribution in [2.24, 2.45) is 5.41 Å². The molecule has 0 saturated heterocycles. The van der Waals surface area contributed by atoms with Crippen LogP contribution in [-0.2, 0) is 0 Å². The van der Waals surface area contributed by atoms with Gasteiger partial charge in [0, 0.05) is 0 Å². The summed E-state index contributed by atoms with van der Waals surface area (Å²) in [6, 6.07) is 19.7.